The Balaban J connectivity index is 2.02. The topological polar surface area (TPSA) is 49.4 Å². The van der Waals surface area contributed by atoms with Crippen molar-refractivity contribution in [3.63, 3.8) is 0 Å². The molecule has 162 valence electrons. The summed E-state index contributed by atoms with van der Waals surface area (Å²) in [7, 11) is 0. The Bertz CT molecular complexity index is 819. The molecule has 0 fully saturated rings. The maximum Gasteiger partial charge on any atom is 0.242 e. The van der Waals surface area contributed by atoms with Crippen molar-refractivity contribution < 1.29 is 9.59 Å². The molecule has 2 aromatic rings. The predicted molar refractivity (Wildman–Crippen MR) is 127 cm³/mol. The second kappa shape index (κ2) is 11.4. The summed E-state index contributed by atoms with van der Waals surface area (Å²) in [5, 5.41) is 3.62. The highest BCUT2D eigenvalue weighted by Gasteiger charge is 2.28. The minimum absolute atomic E-state index is 0.0259. The maximum absolute atomic E-state index is 13.0. The second-order valence-corrected chi connectivity index (χ2v) is 9.89. The van der Waals surface area contributed by atoms with Crippen LogP contribution in [0.4, 0.5) is 0 Å². The van der Waals surface area contributed by atoms with Crippen molar-refractivity contribution in [1.82, 2.24) is 10.2 Å². The SMILES string of the molecule is CC(C(=O)NC(C)(C)C)N(Cc1ccc(Cl)cc1)C(=O)CCSCc1ccccc1. The van der Waals surface area contributed by atoms with E-state index in [0.29, 0.717) is 23.7 Å². The predicted octanol–water partition coefficient (Wildman–Crippen LogP) is 5.30. The van der Waals surface area contributed by atoms with Gasteiger partial charge in [0.25, 0.3) is 0 Å². The first kappa shape index (κ1) is 24.3. The Morgan fingerprint density at radius 3 is 2.27 bits per heavy atom. The average molecular weight is 447 g/mol. The van der Waals surface area contributed by atoms with E-state index in [-0.39, 0.29) is 17.4 Å². The third kappa shape index (κ3) is 8.41. The van der Waals surface area contributed by atoms with Crippen LogP contribution in [-0.4, -0.2) is 34.0 Å². The van der Waals surface area contributed by atoms with Gasteiger partial charge in [-0.3, -0.25) is 9.59 Å². The Morgan fingerprint density at radius 2 is 1.67 bits per heavy atom. The summed E-state index contributed by atoms with van der Waals surface area (Å²) in [5.74, 6) is 1.40. The number of hydrogen-bond acceptors (Lipinski definition) is 3. The summed E-state index contributed by atoms with van der Waals surface area (Å²) in [6, 6.07) is 17.0. The monoisotopic (exact) mass is 446 g/mol. The lowest BCUT2D eigenvalue weighted by atomic mass is 10.1. The van der Waals surface area contributed by atoms with Crippen molar-refractivity contribution in [1.29, 1.82) is 0 Å². The van der Waals surface area contributed by atoms with Gasteiger partial charge in [-0.2, -0.15) is 11.8 Å². The van der Waals surface area contributed by atoms with E-state index < -0.39 is 6.04 Å². The fourth-order valence-corrected chi connectivity index (χ4v) is 3.93. The average Bonchev–Trinajstić information content (AvgIpc) is 2.69. The lowest BCUT2D eigenvalue weighted by molar-refractivity contribution is -0.140. The highest BCUT2D eigenvalue weighted by atomic mass is 35.5. The largest absolute Gasteiger partial charge is 0.350 e. The second-order valence-electron chi connectivity index (χ2n) is 8.35. The highest BCUT2D eigenvalue weighted by molar-refractivity contribution is 7.98. The number of carbonyl (C=O) groups is 2. The highest BCUT2D eigenvalue weighted by Crippen LogP contribution is 2.17. The number of benzene rings is 2. The molecule has 2 aromatic carbocycles. The van der Waals surface area contributed by atoms with Crippen LogP contribution in [0.3, 0.4) is 0 Å². The third-order valence-corrected chi connectivity index (χ3v) is 5.79. The van der Waals surface area contributed by atoms with Crippen molar-refractivity contribution in [3.05, 3.63) is 70.7 Å². The number of nitrogens with zero attached hydrogens (tertiary/aromatic N) is 1. The number of nitrogens with one attached hydrogen (secondary N) is 1. The third-order valence-electron chi connectivity index (χ3n) is 4.50. The van der Waals surface area contributed by atoms with Crippen molar-refractivity contribution in [2.24, 2.45) is 0 Å². The number of carbonyl (C=O) groups excluding carboxylic acids is 2. The standard InChI is InChI=1S/C24H31ClN2O2S/c1-18(23(29)26-24(2,3)4)27(16-19-10-12-21(25)13-11-19)22(28)14-15-30-17-20-8-6-5-7-9-20/h5-13,18H,14-17H2,1-4H3,(H,26,29). The Hall–Kier alpha value is -1.98. The normalized spacial score (nSPS) is 12.3. The summed E-state index contributed by atoms with van der Waals surface area (Å²) in [6.07, 6.45) is 0.387. The maximum atomic E-state index is 13.0. The van der Waals surface area contributed by atoms with Gasteiger partial charge in [-0.15, -0.1) is 0 Å². The molecule has 0 aliphatic rings. The first-order chi connectivity index (χ1) is 14.2. The van der Waals surface area contributed by atoms with Gasteiger partial charge < -0.3 is 10.2 Å². The van der Waals surface area contributed by atoms with Crippen LogP contribution in [0.25, 0.3) is 0 Å². The number of rotatable bonds is 9. The summed E-state index contributed by atoms with van der Waals surface area (Å²) < 4.78 is 0. The molecule has 0 saturated carbocycles. The molecule has 0 aliphatic heterocycles. The quantitative estimate of drug-likeness (QED) is 0.532. The van der Waals surface area contributed by atoms with E-state index in [1.54, 1.807) is 35.7 Å². The van der Waals surface area contributed by atoms with E-state index in [4.69, 9.17) is 11.6 Å². The van der Waals surface area contributed by atoms with Crippen LogP contribution in [0, 0.1) is 0 Å². The van der Waals surface area contributed by atoms with Crippen LogP contribution in [0.2, 0.25) is 5.02 Å². The zero-order valence-electron chi connectivity index (χ0n) is 18.2. The molecule has 0 aliphatic carbocycles. The minimum Gasteiger partial charge on any atom is -0.350 e. The molecule has 30 heavy (non-hydrogen) atoms. The van der Waals surface area contributed by atoms with Gasteiger partial charge in [-0.1, -0.05) is 54.1 Å². The van der Waals surface area contributed by atoms with E-state index in [0.717, 1.165) is 11.3 Å². The molecule has 1 atom stereocenters. The fraction of sp³-hybridized carbons (Fsp3) is 0.417. The number of halogens is 1. The molecule has 1 unspecified atom stereocenters. The Labute approximate surface area is 189 Å². The van der Waals surface area contributed by atoms with Crippen LogP contribution in [0.5, 0.6) is 0 Å². The molecular weight excluding hydrogens is 416 g/mol. The van der Waals surface area contributed by atoms with Gasteiger partial charge in [0.1, 0.15) is 6.04 Å². The summed E-state index contributed by atoms with van der Waals surface area (Å²) in [4.78, 5) is 27.4. The van der Waals surface area contributed by atoms with Gasteiger partial charge in [0, 0.05) is 35.0 Å². The summed E-state index contributed by atoms with van der Waals surface area (Å²) in [6.45, 7) is 7.96. The molecule has 0 heterocycles. The van der Waals surface area contributed by atoms with Crippen LogP contribution in [-0.2, 0) is 21.9 Å². The Morgan fingerprint density at radius 1 is 1.03 bits per heavy atom. The number of thioether (sulfide) groups is 1. The van der Waals surface area contributed by atoms with Gasteiger partial charge in [0.15, 0.2) is 0 Å². The van der Waals surface area contributed by atoms with Crippen LogP contribution in [0.15, 0.2) is 54.6 Å². The lowest BCUT2D eigenvalue weighted by Gasteiger charge is -2.31. The van der Waals surface area contributed by atoms with E-state index in [1.807, 2.05) is 51.1 Å². The van der Waals surface area contributed by atoms with E-state index in [1.165, 1.54) is 5.56 Å². The van der Waals surface area contributed by atoms with E-state index in [9.17, 15) is 9.59 Å². The van der Waals surface area contributed by atoms with Crippen molar-refractivity contribution in [3.8, 4) is 0 Å². The van der Waals surface area contributed by atoms with E-state index >= 15 is 0 Å². The molecule has 0 radical (unpaired) electrons. The van der Waals surface area contributed by atoms with E-state index in [2.05, 4.69) is 17.4 Å². The number of amides is 2. The molecule has 2 rings (SSSR count). The molecule has 6 heteroatoms. The molecule has 1 N–H and O–H groups in total. The lowest BCUT2D eigenvalue weighted by Crippen LogP contribution is -2.52. The number of hydrogen-bond donors (Lipinski definition) is 1. The van der Waals surface area contributed by atoms with Gasteiger partial charge in [-0.05, 0) is 51.0 Å². The zero-order chi connectivity index (χ0) is 22.1. The van der Waals surface area contributed by atoms with Gasteiger partial charge in [0.2, 0.25) is 11.8 Å². The molecule has 0 bridgehead atoms. The first-order valence-electron chi connectivity index (χ1n) is 10.1. The van der Waals surface area contributed by atoms with Gasteiger partial charge >= 0.3 is 0 Å². The Kier molecular flexibility index (Phi) is 9.25. The van der Waals surface area contributed by atoms with Crippen LogP contribution in [0.1, 0.15) is 45.2 Å². The molecular formula is C24H31ClN2O2S. The first-order valence-corrected chi connectivity index (χ1v) is 11.7. The molecule has 0 spiro atoms. The van der Waals surface area contributed by atoms with Gasteiger partial charge in [-0.25, -0.2) is 0 Å². The van der Waals surface area contributed by atoms with Crippen molar-refractivity contribution >= 4 is 35.2 Å². The molecule has 4 nitrogen and oxygen atoms in total. The summed E-state index contributed by atoms with van der Waals surface area (Å²) in [5.41, 5.74) is 1.83. The minimum atomic E-state index is -0.563. The van der Waals surface area contributed by atoms with Crippen LogP contribution >= 0.6 is 23.4 Å². The molecule has 2 amide bonds. The summed E-state index contributed by atoms with van der Waals surface area (Å²) >= 11 is 7.71. The van der Waals surface area contributed by atoms with Crippen molar-refractivity contribution in [2.45, 2.75) is 58.0 Å². The zero-order valence-corrected chi connectivity index (χ0v) is 19.7. The smallest absolute Gasteiger partial charge is 0.242 e. The van der Waals surface area contributed by atoms with Gasteiger partial charge in [0.05, 0.1) is 0 Å². The van der Waals surface area contributed by atoms with Crippen LogP contribution < -0.4 is 5.32 Å². The van der Waals surface area contributed by atoms with Crippen molar-refractivity contribution in [2.75, 3.05) is 5.75 Å². The molecule has 0 saturated heterocycles. The fourth-order valence-electron chi connectivity index (χ4n) is 2.91. The molecule has 0 aromatic heterocycles.